The Hall–Kier alpha value is -1.99. The van der Waals surface area contributed by atoms with Gasteiger partial charge in [0.25, 0.3) is 5.91 Å². The van der Waals surface area contributed by atoms with Crippen LogP contribution in [0.5, 0.6) is 0 Å². The fraction of sp³-hybridized carbons (Fsp3) is 0.600. The second-order valence-corrected chi connectivity index (χ2v) is 7.88. The first kappa shape index (κ1) is 18.4. The first-order chi connectivity index (χ1) is 13.2. The molecule has 1 saturated carbocycles. The number of rotatable bonds is 5. The van der Waals surface area contributed by atoms with Crippen molar-refractivity contribution in [3.8, 4) is 0 Å². The van der Waals surface area contributed by atoms with Crippen molar-refractivity contribution in [1.29, 1.82) is 0 Å². The van der Waals surface area contributed by atoms with Crippen molar-refractivity contribution >= 4 is 16.9 Å². The average Bonchev–Trinajstić information content (AvgIpc) is 3.15. The van der Waals surface area contributed by atoms with Crippen LogP contribution in [0.25, 0.3) is 11.0 Å². The van der Waals surface area contributed by atoms with E-state index in [1.54, 1.807) is 0 Å². The molecule has 7 heteroatoms. The number of hydrogen-bond donors (Lipinski definition) is 2. The number of aromatic nitrogens is 2. The Balaban J connectivity index is 1.48. The van der Waals surface area contributed by atoms with Crippen molar-refractivity contribution in [2.24, 2.45) is 5.41 Å². The van der Waals surface area contributed by atoms with Gasteiger partial charge < -0.3 is 15.0 Å². The highest BCUT2D eigenvalue weighted by molar-refractivity contribution is 6.04. The van der Waals surface area contributed by atoms with Gasteiger partial charge in [0.1, 0.15) is 11.3 Å². The van der Waals surface area contributed by atoms with Crippen molar-refractivity contribution in [3.05, 3.63) is 29.8 Å². The third kappa shape index (κ3) is 4.14. The zero-order valence-corrected chi connectivity index (χ0v) is 15.6. The van der Waals surface area contributed by atoms with Crippen LogP contribution in [0.3, 0.4) is 0 Å². The largest absolute Gasteiger partial charge is 0.379 e. The number of nitrogens with zero attached hydrogens (tertiary/aromatic N) is 2. The summed E-state index contributed by atoms with van der Waals surface area (Å²) in [5.41, 5.74) is 1.44. The summed E-state index contributed by atoms with van der Waals surface area (Å²) in [5.74, 6) is -0.684. The molecule has 27 heavy (non-hydrogen) atoms. The smallest absolute Gasteiger partial charge is 0.253 e. The van der Waals surface area contributed by atoms with Crippen LogP contribution in [0.15, 0.2) is 18.5 Å². The zero-order valence-electron chi connectivity index (χ0n) is 15.6. The molecular weight excluding hydrogens is 347 g/mol. The fourth-order valence-electron chi connectivity index (χ4n) is 4.48. The van der Waals surface area contributed by atoms with E-state index in [4.69, 9.17) is 4.74 Å². The van der Waals surface area contributed by atoms with Gasteiger partial charge in [-0.1, -0.05) is 19.3 Å². The molecule has 0 spiro atoms. The van der Waals surface area contributed by atoms with Gasteiger partial charge in [-0.2, -0.15) is 0 Å². The Morgan fingerprint density at radius 1 is 1.26 bits per heavy atom. The van der Waals surface area contributed by atoms with Crippen LogP contribution in [0.2, 0.25) is 0 Å². The van der Waals surface area contributed by atoms with Crippen molar-refractivity contribution in [3.63, 3.8) is 0 Å². The number of ether oxygens (including phenoxy) is 1. The van der Waals surface area contributed by atoms with E-state index in [9.17, 15) is 9.18 Å². The minimum atomic E-state index is -0.433. The Kier molecular flexibility index (Phi) is 5.41. The lowest BCUT2D eigenvalue weighted by Gasteiger charge is -2.42. The number of carbonyl (C=O) groups excluding carboxylic acids is 1. The molecule has 2 aromatic rings. The van der Waals surface area contributed by atoms with Crippen LogP contribution in [-0.4, -0.2) is 60.2 Å². The highest BCUT2D eigenvalue weighted by Crippen LogP contribution is 2.37. The monoisotopic (exact) mass is 374 g/mol. The van der Waals surface area contributed by atoms with Crippen LogP contribution in [0.1, 0.15) is 42.5 Å². The quantitative estimate of drug-likeness (QED) is 0.844. The van der Waals surface area contributed by atoms with Gasteiger partial charge in [0.15, 0.2) is 0 Å². The topological polar surface area (TPSA) is 70.2 Å². The van der Waals surface area contributed by atoms with Crippen molar-refractivity contribution in [2.75, 3.05) is 39.4 Å². The summed E-state index contributed by atoms with van der Waals surface area (Å²) in [6.45, 7) is 5.07. The fourth-order valence-corrected chi connectivity index (χ4v) is 4.48. The van der Waals surface area contributed by atoms with Crippen LogP contribution >= 0.6 is 0 Å². The summed E-state index contributed by atoms with van der Waals surface area (Å²) in [7, 11) is 0. The number of carbonyl (C=O) groups is 1. The molecule has 4 rings (SSSR count). The van der Waals surface area contributed by atoms with Gasteiger partial charge in [0.2, 0.25) is 0 Å². The number of H-pyrrole nitrogens is 1. The lowest BCUT2D eigenvalue weighted by atomic mass is 9.73. The number of benzene rings is 1. The summed E-state index contributed by atoms with van der Waals surface area (Å²) < 4.78 is 19.3. The van der Waals surface area contributed by atoms with Gasteiger partial charge in [0.05, 0.1) is 30.6 Å². The van der Waals surface area contributed by atoms with E-state index in [-0.39, 0.29) is 11.3 Å². The third-order valence-electron chi connectivity index (χ3n) is 5.93. The maximum absolute atomic E-state index is 13.9. The number of aromatic amines is 1. The van der Waals surface area contributed by atoms with Gasteiger partial charge in [-0.3, -0.25) is 9.69 Å². The zero-order chi connectivity index (χ0) is 18.7. The lowest BCUT2D eigenvalue weighted by Crippen LogP contribution is -2.49. The molecule has 1 amide bonds. The number of amides is 1. The van der Waals surface area contributed by atoms with E-state index in [2.05, 4.69) is 20.2 Å². The molecule has 2 fully saturated rings. The van der Waals surface area contributed by atoms with Crippen LogP contribution in [0, 0.1) is 11.2 Å². The molecule has 0 radical (unpaired) electrons. The number of hydrogen-bond acceptors (Lipinski definition) is 4. The molecule has 0 atom stereocenters. The number of fused-ring (bicyclic) bond motifs is 1. The summed E-state index contributed by atoms with van der Waals surface area (Å²) >= 11 is 0. The van der Waals surface area contributed by atoms with Crippen molar-refractivity contribution in [2.45, 2.75) is 32.1 Å². The Bertz CT molecular complexity index is 794. The SMILES string of the molecule is O=C(NCC1(CN2CCOCC2)CCCCC1)c1cc(F)cc2[nH]cnc12. The van der Waals surface area contributed by atoms with E-state index < -0.39 is 5.82 Å². The normalized spacial score (nSPS) is 20.6. The number of nitrogens with one attached hydrogen (secondary N) is 2. The third-order valence-corrected chi connectivity index (χ3v) is 5.93. The molecule has 2 aliphatic rings. The first-order valence-electron chi connectivity index (χ1n) is 9.86. The summed E-state index contributed by atoms with van der Waals surface area (Å²) in [6, 6.07) is 2.63. The van der Waals surface area contributed by atoms with Crippen LogP contribution in [-0.2, 0) is 4.74 Å². The van der Waals surface area contributed by atoms with Crippen molar-refractivity contribution in [1.82, 2.24) is 20.2 Å². The number of imidazole rings is 1. The van der Waals surface area contributed by atoms with Gasteiger partial charge >= 0.3 is 0 Å². The molecule has 1 saturated heterocycles. The van der Waals surface area contributed by atoms with E-state index in [0.29, 0.717) is 23.1 Å². The number of morpholine rings is 1. The predicted octanol–water partition coefficient (Wildman–Crippen LogP) is 2.71. The Morgan fingerprint density at radius 3 is 2.81 bits per heavy atom. The molecule has 1 aliphatic carbocycles. The van der Waals surface area contributed by atoms with Gasteiger partial charge in [-0.05, 0) is 25.0 Å². The highest BCUT2D eigenvalue weighted by Gasteiger charge is 2.35. The maximum atomic E-state index is 13.9. The molecule has 2 heterocycles. The molecule has 1 aromatic heterocycles. The summed E-state index contributed by atoms with van der Waals surface area (Å²) in [5, 5.41) is 3.09. The van der Waals surface area contributed by atoms with Gasteiger partial charge in [0, 0.05) is 31.6 Å². The highest BCUT2D eigenvalue weighted by atomic mass is 19.1. The maximum Gasteiger partial charge on any atom is 0.253 e. The standard InChI is InChI=1S/C20H27FN4O2/c21-15-10-16(18-17(11-15)23-14-24-18)19(26)22-12-20(4-2-1-3-5-20)13-25-6-8-27-9-7-25/h10-11,14H,1-9,12-13H2,(H,22,26)(H,23,24). The molecule has 1 aliphatic heterocycles. The minimum absolute atomic E-state index is 0.0866. The van der Waals surface area contributed by atoms with Gasteiger partial charge in [-0.15, -0.1) is 0 Å². The average molecular weight is 374 g/mol. The number of halogens is 1. The van der Waals surface area contributed by atoms with E-state index in [1.807, 2.05) is 0 Å². The predicted molar refractivity (Wildman–Crippen MR) is 101 cm³/mol. The van der Waals surface area contributed by atoms with E-state index in [0.717, 1.165) is 45.7 Å². The second-order valence-electron chi connectivity index (χ2n) is 7.88. The first-order valence-corrected chi connectivity index (χ1v) is 9.86. The lowest BCUT2D eigenvalue weighted by molar-refractivity contribution is 0.00728. The minimum Gasteiger partial charge on any atom is -0.379 e. The summed E-state index contributed by atoms with van der Waals surface area (Å²) in [6.07, 6.45) is 7.38. The summed E-state index contributed by atoms with van der Waals surface area (Å²) in [4.78, 5) is 22.3. The van der Waals surface area contributed by atoms with Crippen LogP contribution in [0.4, 0.5) is 4.39 Å². The Labute approximate surface area is 158 Å². The molecule has 0 bridgehead atoms. The molecular formula is C20H27FN4O2. The molecule has 146 valence electrons. The van der Waals surface area contributed by atoms with Gasteiger partial charge in [-0.25, -0.2) is 9.37 Å². The van der Waals surface area contributed by atoms with E-state index in [1.165, 1.54) is 37.7 Å². The molecule has 1 aromatic carbocycles. The van der Waals surface area contributed by atoms with E-state index >= 15 is 0 Å². The molecule has 0 unspecified atom stereocenters. The molecule has 2 N–H and O–H groups in total. The Morgan fingerprint density at radius 2 is 2.04 bits per heavy atom. The van der Waals surface area contributed by atoms with Crippen LogP contribution < -0.4 is 5.32 Å². The second kappa shape index (κ2) is 7.94. The molecule has 6 nitrogen and oxygen atoms in total. The van der Waals surface area contributed by atoms with Crippen molar-refractivity contribution < 1.29 is 13.9 Å².